The van der Waals surface area contributed by atoms with Gasteiger partial charge in [0, 0.05) is 24.8 Å². The van der Waals surface area contributed by atoms with Gasteiger partial charge in [-0.15, -0.1) is 0 Å². The molecule has 23 heavy (non-hydrogen) atoms. The van der Waals surface area contributed by atoms with E-state index in [1.54, 1.807) is 6.20 Å². The SMILES string of the molecule is Cc1ccc(NC(=O)[C@@H]2CCCN(c3cn[nH]c(=O)c3)C2)cc1. The molecule has 0 saturated carbocycles. The number of hydrogen-bond acceptors (Lipinski definition) is 4. The molecule has 0 spiro atoms. The standard InChI is InChI=1S/C17H20N4O2/c1-12-4-6-14(7-5-12)19-17(23)13-3-2-8-21(11-13)15-9-16(22)20-18-10-15/h4-7,9-10,13H,2-3,8,11H2,1H3,(H,19,23)(H,20,22)/t13-/m1/s1. The maximum atomic E-state index is 12.5. The lowest BCUT2D eigenvalue weighted by molar-refractivity contribution is -0.120. The number of nitrogens with one attached hydrogen (secondary N) is 2. The summed E-state index contributed by atoms with van der Waals surface area (Å²) in [5.41, 5.74) is 2.51. The fourth-order valence-electron chi connectivity index (χ4n) is 2.85. The second-order valence-corrected chi connectivity index (χ2v) is 5.94. The third-order valence-corrected chi connectivity index (χ3v) is 4.13. The molecule has 2 N–H and O–H groups in total. The summed E-state index contributed by atoms with van der Waals surface area (Å²) < 4.78 is 0. The van der Waals surface area contributed by atoms with E-state index < -0.39 is 0 Å². The summed E-state index contributed by atoms with van der Waals surface area (Å²) >= 11 is 0. The Morgan fingerprint density at radius 1 is 1.35 bits per heavy atom. The molecule has 0 radical (unpaired) electrons. The molecule has 1 atom stereocenters. The minimum Gasteiger partial charge on any atom is -0.369 e. The number of H-pyrrole nitrogens is 1. The van der Waals surface area contributed by atoms with Crippen molar-refractivity contribution in [2.45, 2.75) is 19.8 Å². The van der Waals surface area contributed by atoms with Crippen molar-refractivity contribution in [3.63, 3.8) is 0 Å². The van der Waals surface area contributed by atoms with Crippen LogP contribution < -0.4 is 15.8 Å². The highest BCUT2D eigenvalue weighted by Gasteiger charge is 2.26. The smallest absolute Gasteiger partial charge is 0.266 e. The van der Waals surface area contributed by atoms with E-state index in [1.165, 1.54) is 6.07 Å². The summed E-state index contributed by atoms with van der Waals surface area (Å²) in [5, 5.41) is 9.17. The van der Waals surface area contributed by atoms with Gasteiger partial charge in [-0.3, -0.25) is 9.59 Å². The molecule has 2 aromatic rings. The van der Waals surface area contributed by atoms with Crippen LogP contribution in [0.15, 0.2) is 41.3 Å². The largest absolute Gasteiger partial charge is 0.369 e. The van der Waals surface area contributed by atoms with Gasteiger partial charge >= 0.3 is 0 Å². The number of aromatic nitrogens is 2. The lowest BCUT2D eigenvalue weighted by atomic mass is 9.96. The molecule has 1 aliphatic heterocycles. The van der Waals surface area contributed by atoms with Gasteiger partial charge in [-0.05, 0) is 31.9 Å². The Hall–Kier alpha value is -2.63. The number of hydrogen-bond donors (Lipinski definition) is 2. The van der Waals surface area contributed by atoms with E-state index in [0.29, 0.717) is 6.54 Å². The molecule has 0 bridgehead atoms. The summed E-state index contributed by atoms with van der Waals surface area (Å²) in [6, 6.07) is 9.30. The zero-order valence-electron chi connectivity index (χ0n) is 13.1. The van der Waals surface area contributed by atoms with E-state index in [4.69, 9.17) is 0 Å². The molecule has 1 aliphatic rings. The quantitative estimate of drug-likeness (QED) is 0.908. The van der Waals surface area contributed by atoms with Crippen molar-refractivity contribution in [2.75, 3.05) is 23.3 Å². The van der Waals surface area contributed by atoms with Gasteiger partial charge < -0.3 is 10.2 Å². The van der Waals surface area contributed by atoms with Crippen molar-refractivity contribution in [1.29, 1.82) is 0 Å². The summed E-state index contributed by atoms with van der Waals surface area (Å²) in [6.45, 7) is 3.45. The Bertz CT molecular complexity index is 739. The van der Waals surface area contributed by atoms with Gasteiger partial charge in [0.15, 0.2) is 0 Å². The number of amides is 1. The molecule has 0 aliphatic carbocycles. The number of nitrogens with zero attached hydrogens (tertiary/aromatic N) is 2. The Labute approximate surface area is 134 Å². The van der Waals surface area contributed by atoms with Crippen LogP contribution in [0.4, 0.5) is 11.4 Å². The van der Waals surface area contributed by atoms with Crippen LogP contribution in [-0.4, -0.2) is 29.2 Å². The molecular formula is C17H20N4O2. The first kappa shape index (κ1) is 15.3. The number of aromatic amines is 1. The summed E-state index contributed by atoms with van der Waals surface area (Å²) in [7, 11) is 0. The minimum absolute atomic E-state index is 0.0244. The minimum atomic E-state index is -0.228. The van der Waals surface area contributed by atoms with E-state index >= 15 is 0 Å². The first-order valence-corrected chi connectivity index (χ1v) is 7.79. The number of aryl methyl sites for hydroxylation is 1. The van der Waals surface area contributed by atoms with Crippen molar-refractivity contribution < 1.29 is 4.79 Å². The Balaban J connectivity index is 1.67. The lowest BCUT2D eigenvalue weighted by Gasteiger charge is -2.33. The van der Waals surface area contributed by atoms with Crippen LogP contribution in [0.25, 0.3) is 0 Å². The average molecular weight is 312 g/mol. The predicted octanol–water partition coefficient (Wildman–Crippen LogP) is 1.93. The van der Waals surface area contributed by atoms with Crippen molar-refractivity contribution in [1.82, 2.24) is 10.2 Å². The van der Waals surface area contributed by atoms with Crippen LogP contribution in [0.5, 0.6) is 0 Å². The van der Waals surface area contributed by atoms with Gasteiger partial charge in [-0.2, -0.15) is 5.10 Å². The number of anilines is 2. The van der Waals surface area contributed by atoms with E-state index in [2.05, 4.69) is 15.5 Å². The van der Waals surface area contributed by atoms with E-state index in [0.717, 1.165) is 36.3 Å². The van der Waals surface area contributed by atoms with Gasteiger partial charge in [-0.25, -0.2) is 5.10 Å². The number of piperidine rings is 1. The van der Waals surface area contributed by atoms with Gasteiger partial charge in [-0.1, -0.05) is 17.7 Å². The predicted molar refractivity (Wildman–Crippen MR) is 89.6 cm³/mol. The highest BCUT2D eigenvalue weighted by Crippen LogP contribution is 2.23. The van der Waals surface area contributed by atoms with Crippen molar-refractivity contribution in [3.8, 4) is 0 Å². The first-order valence-electron chi connectivity index (χ1n) is 7.79. The average Bonchev–Trinajstić information content (AvgIpc) is 2.57. The lowest BCUT2D eigenvalue weighted by Crippen LogP contribution is -2.41. The molecule has 1 fully saturated rings. The molecule has 6 heteroatoms. The molecule has 1 aromatic heterocycles. The van der Waals surface area contributed by atoms with Crippen molar-refractivity contribution in [2.24, 2.45) is 5.92 Å². The van der Waals surface area contributed by atoms with E-state index in [-0.39, 0.29) is 17.4 Å². The van der Waals surface area contributed by atoms with E-state index in [9.17, 15) is 9.59 Å². The number of carbonyl (C=O) groups excluding carboxylic acids is 1. The Kier molecular flexibility index (Phi) is 4.41. The van der Waals surface area contributed by atoms with Crippen molar-refractivity contribution in [3.05, 3.63) is 52.4 Å². The Morgan fingerprint density at radius 2 is 2.13 bits per heavy atom. The summed E-state index contributed by atoms with van der Waals surface area (Å²) in [6.07, 6.45) is 3.39. The topological polar surface area (TPSA) is 78.1 Å². The third kappa shape index (κ3) is 3.77. The van der Waals surface area contributed by atoms with Crippen LogP contribution in [0.1, 0.15) is 18.4 Å². The molecule has 6 nitrogen and oxygen atoms in total. The highest BCUT2D eigenvalue weighted by atomic mass is 16.2. The van der Waals surface area contributed by atoms with Crippen LogP contribution in [0.3, 0.4) is 0 Å². The van der Waals surface area contributed by atoms with Crippen LogP contribution >= 0.6 is 0 Å². The normalized spacial score (nSPS) is 17.8. The second-order valence-electron chi connectivity index (χ2n) is 5.94. The van der Waals surface area contributed by atoms with Crippen molar-refractivity contribution >= 4 is 17.3 Å². The molecule has 2 heterocycles. The maximum Gasteiger partial charge on any atom is 0.266 e. The number of carbonyl (C=O) groups is 1. The molecule has 1 amide bonds. The third-order valence-electron chi connectivity index (χ3n) is 4.13. The van der Waals surface area contributed by atoms with Gasteiger partial charge in [0.2, 0.25) is 5.91 Å². The van der Waals surface area contributed by atoms with Crippen LogP contribution in [0, 0.1) is 12.8 Å². The van der Waals surface area contributed by atoms with Crippen LogP contribution in [0.2, 0.25) is 0 Å². The fraction of sp³-hybridized carbons (Fsp3) is 0.353. The number of rotatable bonds is 3. The zero-order chi connectivity index (χ0) is 16.2. The second kappa shape index (κ2) is 6.64. The zero-order valence-corrected chi connectivity index (χ0v) is 13.1. The van der Waals surface area contributed by atoms with Crippen LogP contribution in [-0.2, 0) is 4.79 Å². The molecule has 1 aromatic carbocycles. The molecular weight excluding hydrogens is 292 g/mol. The summed E-state index contributed by atoms with van der Waals surface area (Å²) in [4.78, 5) is 25.9. The fourth-order valence-corrected chi connectivity index (χ4v) is 2.85. The summed E-state index contributed by atoms with van der Waals surface area (Å²) in [5.74, 6) is -0.0688. The Morgan fingerprint density at radius 3 is 2.87 bits per heavy atom. The maximum absolute atomic E-state index is 12.5. The first-order chi connectivity index (χ1) is 11.1. The molecule has 3 rings (SSSR count). The molecule has 120 valence electrons. The number of benzene rings is 1. The van der Waals surface area contributed by atoms with Gasteiger partial charge in [0.1, 0.15) is 0 Å². The molecule has 0 unspecified atom stereocenters. The molecule has 1 saturated heterocycles. The monoisotopic (exact) mass is 312 g/mol. The van der Waals surface area contributed by atoms with Gasteiger partial charge in [0.05, 0.1) is 17.8 Å². The van der Waals surface area contributed by atoms with Gasteiger partial charge in [0.25, 0.3) is 5.56 Å². The van der Waals surface area contributed by atoms with E-state index in [1.807, 2.05) is 36.1 Å². The highest BCUT2D eigenvalue weighted by molar-refractivity contribution is 5.93.